The van der Waals surface area contributed by atoms with Gasteiger partial charge in [-0.25, -0.2) is 0 Å². The Bertz CT molecular complexity index is 500. The summed E-state index contributed by atoms with van der Waals surface area (Å²) in [6.45, 7) is 0. The Morgan fingerprint density at radius 1 is 0.947 bits per heavy atom. The molecule has 0 saturated carbocycles. The number of hydrogen-bond donors (Lipinski definition) is 1. The van der Waals surface area contributed by atoms with Crippen LogP contribution in [0.15, 0.2) is 60.7 Å². The third-order valence-electron chi connectivity index (χ3n) is 3.42. The molecule has 0 spiro atoms. The topological polar surface area (TPSA) is 43.1 Å². The molecule has 98 valence electrons. The average Bonchev–Trinajstić information content (AvgIpc) is 2.46. The van der Waals surface area contributed by atoms with Crippen LogP contribution < -0.4 is 5.73 Å². The molecule has 0 saturated heterocycles. The minimum Gasteiger partial charge on any atom is -0.369 e. The van der Waals surface area contributed by atoms with Crippen molar-refractivity contribution in [2.75, 3.05) is 4.43 Å². The van der Waals surface area contributed by atoms with Gasteiger partial charge in [-0.3, -0.25) is 4.79 Å². The second kappa shape index (κ2) is 6.19. The van der Waals surface area contributed by atoms with Gasteiger partial charge in [-0.15, -0.1) is 0 Å². The number of rotatable bonds is 5. The first-order valence-corrected chi connectivity index (χ1v) is 7.71. The van der Waals surface area contributed by atoms with E-state index >= 15 is 0 Å². The molecule has 0 fully saturated rings. The van der Waals surface area contributed by atoms with Crippen LogP contribution in [0.3, 0.4) is 0 Å². The van der Waals surface area contributed by atoms with Crippen LogP contribution in [0.4, 0.5) is 0 Å². The summed E-state index contributed by atoms with van der Waals surface area (Å²) in [5.41, 5.74) is 6.97. The summed E-state index contributed by atoms with van der Waals surface area (Å²) in [5.74, 6) is -0.290. The lowest BCUT2D eigenvalue weighted by Gasteiger charge is -2.31. The molecule has 0 heterocycles. The number of halogens is 1. The number of amides is 1. The number of carbonyl (C=O) groups excluding carboxylic acids is 1. The highest BCUT2D eigenvalue weighted by atomic mass is 127. The number of benzene rings is 2. The molecule has 0 aromatic heterocycles. The van der Waals surface area contributed by atoms with Gasteiger partial charge in [-0.2, -0.15) is 0 Å². The molecule has 2 nitrogen and oxygen atoms in total. The van der Waals surface area contributed by atoms with E-state index in [2.05, 4.69) is 22.6 Å². The summed E-state index contributed by atoms with van der Waals surface area (Å²) in [5, 5.41) is 0. The first kappa shape index (κ1) is 14.1. The fourth-order valence-corrected chi connectivity index (χ4v) is 3.26. The van der Waals surface area contributed by atoms with E-state index in [0.717, 1.165) is 15.6 Å². The van der Waals surface area contributed by atoms with Gasteiger partial charge in [0.15, 0.2) is 0 Å². The van der Waals surface area contributed by atoms with Crippen LogP contribution in [-0.4, -0.2) is 10.3 Å². The minimum absolute atomic E-state index is 0.290. The maximum absolute atomic E-state index is 12.2. The van der Waals surface area contributed by atoms with Crippen molar-refractivity contribution in [2.24, 2.45) is 5.73 Å². The molecule has 0 atom stereocenters. The average molecular weight is 365 g/mol. The summed E-state index contributed by atoms with van der Waals surface area (Å²) in [4.78, 5) is 12.2. The monoisotopic (exact) mass is 365 g/mol. The van der Waals surface area contributed by atoms with Crippen LogP contribution in [0.1, 0.15) is 17.5 Å². The van der Waals surface area contributed by atoms with Crippen molar-refractivity contribution in [3.05, 3.63) is 71.8 Å². The van der Waals surface area contributed by atoms with Crippen molar-refractivity contribution in [2.45, 2.75) is 11.8 Å². The lowest BCUT2D eigenvalue weighted by Crippen LogP contribution is -2.42. The van der Waals surface area contributed by atoms with Crippen LogP contribution >= 0.6 is 22.6 Å². The smallest absolute Gasteiger partial charge is 0.232 e. The molecule has 0 aliphatic carbocycles. The fraction of sp³-hybridized carbons (Fsp3) is 0.188. The molecule has 0 bridgehead atoms. The Morgan fingerprint density at radius 2 is 1.37 bits per heavy atom. The summed E-state index contributed by atoms with van der Waals surface area (Å²) in [7, 11) is 0. The highest BCUT2D eigenvalue weighted by Gasteiger charge is 2.39. The maximum atomic E-state index is 12.2. The zero-order valence-corrected chi connectivity index (χ0v) is 12.7. The highest BCUT2D eigenvalue weighted by Crippen LogP contribution is 2.36. The van der Waals surface area contributed by atoms with Crippen molar-refractivity contribution in [1.82, 2.24) is 0 Å². The molecule has 2 rings (SSSR count). The Hall–Kier alpha value is -1.36. The Kier molecular flexibility index (Phi) is 4.58. The van der Waals surface area contributed by atoms with E-state index in [4.69, 9.17) is 5.73 Å². The summed E-state index contributed by atoms with van der Waals surface area (Å²) in [6, 6.07) is 19.6. The molecule has 0 aliphatic heterocycles. The Morgan fingerprint density at radius 3 is 1.68 bits per heavy atom. The molecule has 0 aliphatic rings. The fourth-order valence-electron chi connectivity index (χ4n) is 2.45. The normalized spacial score (nSPS) is 11.2. The van der Waals surface area contributed by atoms with Crippen molar-refractivity contribution < 1.29 is 4.79 Å². The van der Waals surface area contributed by atoms with Crippen molar-refractivity contribution in [1.29, 1.82) is 0 Å². The minimum atomic E-state index is -0.732. The largest absolute Gasteiger partial charge is 0.369 e. The second-order valence-electron chi connectivity index (χ2n) is 4.44. The van der Waals surface area contributed by atoms with E-state index in [1.165, 1.54) is 0 Å². The Labute approximate surface area is 127 Å². The predicted molar refractivity (Wildman–Crippen MR) is 86.4 cm³/mol. The number of carbonyl (C=O) groups is 1. The van der Waals surface area contributed by atoms with Gasteiger partial charge in [0.2, 0.25) is 5.91 Å². The highest BCUT2D eigenvalue weighted by molar-refractivity contribution is 14.1. The van der Waals surface area contributed by atoms with Gasteiger partial charge in [0.25, 0.3) is 0 Å². The van der Waals surface area contributed by atoms with Gasteiger partial charge < -0.3 is 5.73 Å². The predicted octanol–water partition coefficient (Wildman–Crippen LogP) is 3.28. The molecule has 2 N–H and O–H groups in total. The van der Waals surface area contributed by atoms with Gasteiger partial charge in [-0.05, 0) is 17.5 Å². The van der Waals surface area contributed by atoms with E-state index in [1.807, 2.05) is 60.7 Å². The summed E-state index contributed by atoms with van der Waals surface area (Å²) >= 11 is 2.29. The number of nitrogens with two attached hydrogens (primary N) is 1. The third kappa shape index (κ3) is 2.66. The third-order valence-corrected chi connectivity index (χ3v) is 3.96. The standard InChI is InChI=1S/C16H16INO/c17-12-11-16(15(18)19,13-7-3-1-4-8-13)14-9-5-2-6-10-14/h1-10H,11-12H2,(H2,18,19). The molecule has 0 unspecified atom stereocenters. The molecule has 0 radical (unpaired) electrons. The lowest BCUT2D eigenvalue weighted by atomic mass is 9.72. The number of hydrogen-bond acceptors (Lipinski definition) is 1. The molecule has 3 heteroatoms. The van der Waals surface area contributed by atoms with Crippen LogP contribution in [-0.2, 0) is 10.2 Å². The lowest BCUT2D eigenvalue weighted by molar-refractivity contribution is -0.122. The maximum Gasteiger partial charge on any atom is 0.232 e. The SMILES string of the molecule is NC(=O)C(CCI)(c1ccccc1)c1ccccc1. The molecular weight excluding hydrogens is 349 g/mol. The zero-order chi connectivity index (χ0) is 13.7. The Balaban J connectivity index is 2.65. The van der Waals surface area contributed by atoms with Crippen molar-refractivity contribution in [3.8, 4) is 0 Å². The van der Waals surface area contributed by atoms with E-state index in [-0.39, 0.29) is 5.91 Å². The van der Waals surface area contributed by atoms with E-state index < -0.39 is 5.41 Å². The van der Waals surface area contributed by atoms with E-state index in [1.54, 1.807) is 0 Å². The molecule has 2 aromatic rings. The van der Waals surface area contributed by atoms with Crippen LogP contribution in [0.25, 0.3) is 0 Å². The second-order valence-corrected chi connectivity index (χ2v) is 5.52. The molecule has 19 heavy (non-hydrogen) atoms. The first-order valence-electron chi connectivity index (χ1n) is 6.18. The molecule has 1 amide bonds. The van der Waals surface area contributed by atoms with E-state index in [0.29, 0.717) is 6.42 Å². The van der Waals surface area contributed by atoms with Gasteiger partial charge in [0.05, 0.1) is 5.41 Å². The van der Waals surface area contributed by atoms with Gasteiger partial charge in [0.1, 0.15) is 0 Å². The molecular formula is C16H16INO. The van der Waals surface area contributed by atoms with Crippen molar-refractivity contribution >= 4 is 28.5 Å². The van der Waals surface area contributed by atoms with Gasteiger partial charge in [-0.1, -0.05) is 83.3 Å². The van der Waals surface area contributed by atoms with Crippen LogP contribution in [0.5, 0.6) is 0 Å². The quantitative estimate of drug-likeness (QED) is 0.641. The first-order chi connectivity index (χ1) is 9.21. The van der Waals surface area contributed by atoms with Crippen molar-refractivity contribution in [3.63, 3.8) is 0 Å². The van der Waals surface area contributed by atoms with Crippen LogP contribution in [0, 0.1) is 0 Å². The zero-order valence-electron chi connectivity index (χ0n) is 10.6. The number of primary amides is 1. The van der Waals surface area contributed by atoms with Gasteiger partial charge >= 0.3 is 0 Å². The summed E-state index contributed by atoms with van der Waals surface area (Å²) in [6.07, 6.45) is 0.705. The molecule has 2 aromatic carbocycles. The summed E-state index contributed by atoms with van der Waals surface area (Å²) < 4.78 is 0.866. The number of alkyl halides is 1. The van der Waals surface area contributed by atoms with Crippen LogP contribution in [0.2, 0.25) is 0 Å². The van der Waals surface area contributed by atoms with E-state index in [9.17, 15) is 4.79 Å². The van der Waals surface area contributed by atoms with Gasteiger partial charge in [0, 0.05) is 4.43 Å².